The van der Waals surface area contributed by atoms with E-state index in [2.05, 4.69) is 29.3 Å². The first-order chi connectivity index (χ1) is 17.5. The number of aliphatic hydroxyl groups is 1. The summed E-state index contributed by atoms with van der Waals surface area (Å²) in [6, 6.07) is 13.6. The van der Waals surface area contributed by atoms with E-state index in [9.17, 15) is 14.7 Å². The topological polar surface area (TPSA) is 85.3 Å². The van der Waals surface area contributed by atoms with Crippen LogP contribution in [0.5, 0.6) is 0 Å². The minimum absolute atomic E-state index is 0.0130. The third-order valence-electron chi connectivity index (χ3n) is 8.27. The van der Waals surface area contributed by atoms with Gasteiger partial charge in [-0.3, -0.25) is 9.59 Å². The van der Waals surface area contributed by atoms with Gasteiger partial charge in [0.2, 0.25) is 0 Å². The van der Waals surface area contributed by atoms with E-state index in [0.29, 0.717) is 24.2 Å². The van der Waals surface area contributed by atoms with Crippen LogP contribution >= 0.6 is 0 Å². The van der Waals surface area contributed by atoms with Crippen molar-refractivity contribution >= 4 is 17.5 Å². The Bertz CT molecular complexity index is 1170. The number of benzene rings is 2. The lowest BCUT2D eigenvalue weighted by molar-refractivity contribution is -0.176. The van der Waals surface area contributed by atoms with Crippen LogP contribution in [0, 0.1) is 5.41 Å². The molecule has 4 heterocycles. The van der Waals surface area contributed by atoms with Crippen molar-refractivity contribution in [3.63, 3.8) is 0 Å². The highest BCUT2D eigenvalue weighted by Crippen LogP contribution is 2.38. The smallest absolute Gasteiger partial charge is 0.256 e. The molecule has 2 saturated heterocycles. The van der Waals surface area contributed by atoms with Crippen LogP contribution in [0.25, 0.3) is 0 Å². The zero-order valence-corrected chi connectivity index (χ0v) is 20.8. The summed E-state index contributed by atoms with van der Waals surface area (Å²) in [6.45, 7) is 7.94. The molecule has 36 heavy (non-hydrogen) atoms. The highest BCUT2D eigenvalue weighted by atomic mass is 16.5. The lowest BCUT2D eigenvalue weighted by Crippen LogP contribution is -2.67. The van der Waals surface area contributed by atoms with E-state index in [1.165, 1.54) is 11.1 Å². The Morgan fingerprint density at radius 3 is 2.61 bits per heavy atom. The summed E-state index contributed by atoms with van der Waals surface area (Å²) in [5.41, 5.74) is 4.70. The van der Waals surface area contributed by atoms with E-state index in [1.54, 1.807) is 17.0 Å². The van der Waals surface area contributed by atoms with Crippen LogP contribution in [-0.2, 0) is 17.7 Å². The summed E-state index contributed by atoms with van der Waals surface area (Å²) in [4.78, 5) is 32.5. The monoisotopic (exact) mass is 490 g/mol. The second-order valence-electron chi connectivity index (χ2n) is 10.7. The Labute approximate surface area is 211 Å². The zero-order chi connectivity index (χ0) is 24.9. The molecule has 0 saturated carbocycles. The van der Waals surface area contributed by atoms with Crippen molar-refractivity contribution in [2.45, 2.75) is 32.0 Å². The van der Waals surface area contributed by atoms with Gasteiger partial charge in [0.25, 0.3) is 11.8 Å². The van der Waals surface area contributed by atoms with Gasteiger partial charge in [-0.15, -0.1) is 0 Å². The molecule has 6 rings (SSSR count). The summed E-state index contributed by atoms with van der Waals surface area (Å²) in [6.07, 6.45) is 0.0703. The maximum atomic E-state index is 13.6. The lowest BCUT2D eigenvalue weighted by Gasteiger charge is -2.54. The molecule has 2 amide bonds. The predicted molar refractivity (Wildman–Crippen MR) is 136 cm³/mol. The van der Waals surface area contributed by atoms with Crippen molar-refractivity contribution in [1.82, 2.24) is 15.1 Å². The number of nitrogens with one attached hydrogen (secondary N) is 1. The SMILES string of the molecule is CCN1CCN(C[C@@H](O)[C@@H]2Cc3ccccc3CN2)C(=O)c2ccc(C(=O)N3CC4(COC4)C3)cc21. The first-order valence-electron chi connectivity index (χ1n) is 13.0. The van der Waals surface area contributed by atoms with Gasteiger partial charge >= 0.3 is 0 Å². The van der Waals surface area contributed by atoms with Crippen LogP contribution in [0.3, 0.4) is 0 Å². The van der Waals surface area contributed by atoms with Gasteiger partial charge in [0, 0.05) is 57.4 Å². The summed E-state index contributed by atoms with van der Waals surface area (Å²) < 4.78 is 5.33. The van der Waals surface area contributed by atoms with Crippen LogP contribution < -0.4 is 10.2 Å². The van der Waals surface area contributed by atoms with Crippen molar-refractivity contribution in [2.24, 2.45) is 5.41 Å². The van der Waals surface area contributed by atoms with Crippen LogP contribution in [-0.4, -0.2) is 91.3 Å². The lowest BCUT2D eigenvalue weighted by atomic mass is 9.78. The molecule has 2 fully saturated rings. The van der Waals surface area contributed by atoms with Gasteiger partial charge in [-0.05, 0) is 42.7 Å². The van der Waals surface area contributed by atoms with Crippen LogP contribution in [0.15, 0.2) is 42.5 Å². The second kappa shape index (κ2) is 9.18. The molecule has 4 aliphatic rings. The third-order valence-corrected chi connectivity index (χ3v) is 8.27. The molecular formula is C28H34N4O4. The number of anilines is 1. The van der Waals surface area contributed by atoms with Gasteiger partial charge in [0.05, 0.1) is 36.0 Å². The highest BCUT2D eigenvalue weighted by Gasteiger charge is 2.50. The molecule has 2 atom stereocenters. The van der Waals surface area contributed by atoms with Gasteiger partial charge in [0.1, 0.15) is 0 Å². The number of hydrogen-bond donors (Lipinski definition) is 2. The normalized spacial score (nSPS) is 23.3. The maximum absolute atomic E-state index is 13.6. The highest BCUT2D eigenvalue weighted by molar-refractivity contribution is 6.03. The molecule has 2 N–H and O–H groups in total. The number of fused-ring (bicyclic) bond motifs is 2. The minimum Gasteiger partial charge on any atom is -0.390 e. The van der Waals surface area contributed by atoms with E-state index >= 15 is 0 Å². The fourth-order valence-electron chi connectivity index (χ4n) is 6.01. The molecule has 4 aliphatic heterocycles. The summed E-state index contributed by atoms with van der Waals surface area (Å²) in [7, 11) is 0. The third kappa shape index (κ3) is 4.07. The molecular weight excluding hydrogens is 456 g/mol. The number of carbonyl (C=O) groups is 2. The molecule has 0 unspecified atom stereocenters. The molecule has 0 aromatic heterocycles. The first-order valence-corrected chi connectivity index (χ1v) is 13.0. The van der Waals surface area contributed by atoms with Crippen molar-refractivity contribution in [3.05, 3.63) is 64.7 Å². The molecule has 0 radical (unpaired) electrons. The Morgan fingerprint density at radius 2 is 1.89 bits per heavy atom. The fraction of sp³-hybridized carbons (Fsp3) is 0.500. The van der Waals surface area contributed by atoms with E-state index in [0.717, 1.165) is 51.5 Å². The van der Waals surface area contributed by atoms with Gasteiger partial charge in [-0.25, -0.2) is 0 Å². The molecule has 8 heteroatoms. The zero-order valence-electron chi connectivity index (χ0n) is 20.8. The Kier molecular flexibility index (Phi) is 5.98. The van der Waals surface area contributed by atoms with Gasteiger partial charge in [0.15, 0.2) is 0 Å². The summed E-state index contributed by atoms with van der Waals surface area (Å²) in [5, 5.41) is 14.5. The molecule has 2 aromatic rings. The fourth-order valence-corrected chi connectivity index (χ4v) is 6.01. The van der Waals surface area contributed by atoms with Gasteiger partial charge < -0.3 is 29.9 Å². The number of likely N-dealkylation sites (N-methyl/N-ethyl adjacent to an activating group) is 1. The van der Waals surface area contributed by atoms with E-state index in [4.69, 9.17) is 4.74 Å². The maximum Gasteiger partial charge on any atom is 0.256 e. The van der Waals surface area contributed by atoms with E-state index < -0.39 is 6.10 Å². The largest absolute Gasteiger partial charge is 0.390 e. The standard InChI is InChI=1S/C28H34N4O4/c1-2-30-9-10-31(14-25(33)23-11-19-5-3-4-6-21(19)13-29-23)27(35)22-8-7-20(12-24(22)30)26(34)32-15-28(16-32)17-36-18-28/h3-8,12,23,25,29,33H,2,9-11,13-18H2,1H3/t23-,25+/m0/s1. The molecule has 190 valence electrons. The molecule has 8 nitrogen and oxygen atoms in total. The van der Waals surface area contributed by atoms with Crippen molar-refractivity contribution < 1.29 is 19.4 Å². The van der Waals surface area contributed by atoms with Crippen LogP contribution in [0.1, 0.15) is 38.8 Å². The van der Waals surface area contributed by atoms with Gasteiger partial charge in [-0.2, -0.15) is 0 Å². The first kappa shape index (κ1) is 23.5. The molecule has 0 bridgehead atoms. The average Bonchev–Trinajstić information content (AvgIpc) is 2.98. The van der Waals surface area contributed by atoms with Crippen molar-refractivity contribution in [1.29, 1.82) is 0 Å². The number of likely N-dealkylation sites (tertiary alicyclic amines) is 1. The minimum atomic E-state index is -0.672. The average molecular weight is 491 g/mol. The Morgan fingerprint density at radius 1 is 1.14 bits per heavy atom. The number of carbonyl (C=O) groups excluding carboxylic acids is 2. The van der Waals surface area contributed by atoms with E-state index in [1.807, 2.05) is 23.1 Å². The van der Waals surface area contributed by atoms with Crippen molar-refractivity contribution in [3.8, 4) is 0 Å². The number of rotatable bonds is 5. The van der Waals surface area contributed by atoms with E-state index in [-0.39, 0.29) is 29.8 Å². The number of β-amino-alcohol motifs (C(OH)–C–C–N with tert-alkyl or cyclic N) is 1. The number of hydrogen-bond acceptors (Lipinski definition) is 6. The molecule has 1 spiro atoms. The quantitative estimate of drug-likeness (QED) is 0.661. The number of ether oxygens (including phenoxy) is 1. The molecule has 2 aromatic carbocycles. The number of aliphatic hydroxyl groups excluding tert-OH is 1. The Hall–Kier alpha value is -2.94. The van der Waals surface area contributed by atoms with Crippen LogP contribution in [0.2, 0.25) is 0 Å². The number of nitrogens with zero attached hydrogens (tertiary/aromatic N) is 3. The second-order valence-corrected chi connectivity index (χ2v) is 10.7. The summed E-state index contributed by atoms with van der Waals surface area (Å²) in [5.74, 6) is -0.0799. The Balaban J connectivity index is 1.17. The predicted octanol–water partition coefficient (Wildman–Crippen LogP) is 1.52. The van der Waals surface area contributed by atoms with Crippen LogP contribution in [0.4, 0.5) is 5.69 Å². The van der Waals surface area contributed by atoms with Crippen molar-refractivity contribution in [2.75, 3.05) is 57.4 Å². The number of amides is 2. The summed E-state index contributed by atoms with van der Waals surface area (Å²) >= 11 is 0. The van der Waals surface area contributed by atoms with Gasteiger partial charge in [-0.1, -0.05) is 24.3 Å². The molecule has 0 aliphatic carbocycles.